The third-order valence-electron chi connectivity index (χ3n) is 5.55. The molecular weight excluding hydrogens is 464 g/mol. The van der Waals surface area contributed by atoms with E-state index in [4.69, 9.17) is 14.2 Å². The van der Waals surface area contributed by atoms with Crippen molar-refractivity contribution in [3.63, 3.8) is 0 Å². The molecule has 1 aromatic carbocycles. The number of pyridine rings is 2. The van der Waals surface area contributed by atoms with Crippen molar-refractivity contribution < 1.29 is 23.8 Å². The van der Waals surface area contributed by atoms with E-state index < -0.39 is 11.9 Å². The van der Waals surface area contributed by atoms with Crippen LogP contribution in [0, 0.1) is 0 Å². The van der Waals surface area contributed by atoms with Crippen LogP contribution in [-0.4, -0.2) is 46.7 Å². The predicted octanol–water partition coefficient (Wildman–Crippen LogP) is 3.17. The van der Waals surface area contributed by atoms with Gasteiger partial charge in [0.2, 0.25) is 0 Å². The fourth-order valence-electron chi connectivity index (χ4n) is 3.89. The van der Waals surface area contributed by atoms with Crippen LogP contribution in [0.4, 0.5) is 0 Å². The fourth-order valence-corrected chi connectivity index (χ4v) is 3.89. The first-order chi connectivity index (χ1) is 17.3. The molecule has 0 radical (unpaired) electrons. The number of hydrogen-bond donors (Lipinski definition) is 0. The minimum atomic E-state index is -0.707. The molecule has 10 nitrogen and oxygen atoms in total. The van der Waals surface area contributed by atoms with Crippen molar-refractivity contribution in [3.05, 3.63) is 75.6 Å². The van der Waals surface area contributed by atoms with Gasteiger partial charge in [0, 0.05) is 23.9 Å². The highest BCUT2D eigenvalue weighted by Gasteiger charge is 2.21. The minimum absolute atomic E-state index is 0.0176. The zero-order valence-electron chi connectivity index (χ0n) is 20.6. The molecule has 0 N–H and O–H groups in total. The van der Waals surface area contributed by atoms with E-state index in [1.54, 1.807) is 42.0 Å². The van der Waals surface area contributed by atoms with E-state index in [1.165, 1.54) is 36.8 Å². The van der Waals surface area contributed by atoms with Gasteiger partial charge in [-0.2, -0.15) is 4.99 Å². The lowest BCUT2D eigenvalue weighted by atomic mass is 10.1. The number of aromatic nitrogens is 3. The molecule has 4 rings (SSSR count). The number of carbonyl (C=O) groups excluding carboxylic acids is 2. The Labute approximate surface area is 206 Å². The molecule has 0 atom stereocenters. The molecule has 0 fully saturated rings. The lowest BCUT2D eigenvalue weighted by Gasteiger charge is -2.17. The molecule has 0 aliphatic rings. The predicted molar refractivity (Wildman–Crippen MR) is 133 cm³/mol. The van der Waals surface area contributed by atoms with Crippen molar-refractivity contribution in [2.24, 2.45) is 4.99 Å². The average molecular weight is 491 g/mol. The summed E-state index contributed by atoms with van der Waals surface area (Å²) in [4.78, 5) is 48.7. The van der Waals surface area contributed by atoms with Gasteiger partial charge in [0.1, 0.15) is 28.4 Å². The summed E-state index contributed by atoms with van der Waals surface area (Å²) in [5.74, 6) is -0.519. The Morgan fingerprint density at radius 1 is 1.06 bits per heavy atom. The second-order valence-corrected chi connectivity index (χ2v) is 8.17. The van der Waals surface area contributed by atoms with Crippen LogP contribution in [0.1, 0.15) is 47.5 Å². The van der Waals surface area contributed by atoms with Gasteiger partial charge in [-0.05, 0) is 51.1 Å². The Hall–Kier alpha value is -4.47. The first-order valence-electron chi connectivity index (χ1n) is 11.3. The quantitative estimate of drug-likeness (QED) is 0.301. The summed E-state index contributed by atoms with van der Waals surface area (Å²) < 4.78 is 18.8. The third kappa shape index (κ3) is 4.45. The normalized spacial score (nSPS) is 11.8. The molecule has 1 amide bonds. The molecule has 36 heavy (non-hydrogen) atoms. The fraction of sp³-hybridized carbons (Fsp3) is 0.269. The van der Waals surface area contributed by atoms with Gasteiger partial charge in [-0.25, -0.2) is 9.78 Å². The van der Waals surface area contributed by atoms with Gasteiger partial charge in [0.05, 0.1) is 26.2 Å². The molecule has 0 saturated heterocycles. The van der Waals surface area contributed by atoms with Gasteiger partial charge in [-0.3, -0.25) is 14.0 Å². The molecule has 0 aliphatic carbocycles. The Kier molecular flexibility index (Phi) is 6.86. The van der Waals surface area contributed by atoms with Gasteiger partial charge in [-0.1, -0.05) is 6.07 Å². The molecule has 186 valence electrons. The molecule has 0 saturated carbocycles. The summed E-state index contributed by atoms with van der Waals surface area (Å²) in [5, 5.41) is 0.199. The van der Waals surface area contributed by atoms with E-state index in [2.05, 4.69) is 9.98 Å². The number of ether oxygens (including phenoxy) is 3. The summed E-state index contributed by atoms with van der Waals surface area (Å²) >= 11 is 0. The maximum atomic E-state index is 13.3. The van der Waals surface area contributed by atoms with Crippen molar-refractivity contribution in [2.75, 3.05) is 20.8 Å². The van der Waals surface area contributed by atoms with E-state index in [-0.39, 0.29) is 40.2 Å². The Morgan fingerprint density at radius 3 is 2.36 bits per heavy atom. The average Bonchev–Trinajstić information content (AvgIpc) is 2.88. The highest BCUT2D eigenvalue weighted by molar-refractivity contribution is 5.97. The van der Waals surface area contributed by atoms with Crippen LogP contribution in [0.2, 0.25) is 0 Å². The molecule has 10 heteroatoms. The lowest BCUT2D eigenvalue weighted by molar-refractivity contribution is 0.0523. The molecule has 3 aromatic heterocycles. The molecule has 3 heterocycles. The topological polar surface area (TPSA) is 113 Å². The van der Waals surface area contributed by atoms with E-state index in [0.717, 1.165) is 0 Å². The van der Waals surface area contributed by atoms with Gasteiger partial charge in [0.15, 0.2) is 5.49 Å². The number of nitrogens with zero attached hydrogens (tertiary/aromatic N) is 4. The molecule has 0 aliphatic heterocycles. The van der Waals surface area contributed by atoms with E-state index in [9.17, 15) is 14.4 Å². The van der Waals surface area contributed by atoms with E-state index >= 15 is 0 Å². The molecular formula is C26H26N4O6. The molecule has 0 unspecified atom stereocenters. The number of benzene rings is 1. The van der Waals surface area contributed by atoms with Crippen LogP contribution < -0.4 is 20.5 Å². The summed E-state index contributed by atoms with van der Waals surface area (Å²) in [5.41, 5.74) is 0.576. The maximum absolute atomic E-state index is 13.3. The van der Waals surface area contributed by atoms with Gasteiger partial charge >= 0.3 is 5.97 Å². The van der Waals surface area contributed by atoms with Gasteiger partial charge in [-0.15, -0.1) is 0 Å². The van der Waals surface area contributed by atoms with Crippen LogP contribution in [0.3, 0.4) is 0 Å². The lowest BCUT2D eigenvalue weighted by Crippen LogP contribution is -2.33. The van der Waals surface area contributed by atoms with Crippen LogP contribution >= 0.6 is 0 Å². The van der Waals surface area contributed by atoms with Crippen LogP contribution in [-0.2, 0) is 4.74 Å². The summed E-state index contributed by atoms with van der Waals surface area (Å²) in [7, 11) is 2.95. The molecule has 0 spiro atoms. The van der Waals surface area contributed by atoms with Crippen molar-refractivity contribution in [1.82, 2.24) is 14.0 Å². The Bertz CT molecular complexity index is 1590. The van der Waals surface area contributed by atoms with Crippen LogP contribution in [0.15, 0.2) is 58.4 Å². The summed E-state index contributed by atoms with van der Waals surface area (Å²) in [6, 6.07) is 10.9. The number of esters is 1. The van der Waals surface area contributed by atoms with E-state index in [1.807, 2.05) is 13.8 Å². The molecule has 0 bridgehead atoms. The summed E-state index contributed by atoms with van der Waals surface area (Å²) in [6.07, 6.45) is 1.60. The highest BCUT2D eigenvalue weighted by Crippen LogP contribution is 2.23. The zero-order chi connectivity index (χ0) is 26.0. The highest BCUT2D eigenvalue weighted by atomic mass is 16.5. The Morgan fingerprint density at radius 2 is 1.75 bits per heavy atom. The van der Waals surface area contributed by atoms with Crippen LogP contribution in [0.5, 0.6) is 11.5 Å². The Balaban J connectivity index is 2.11. The number of rotatable bonds is 6. The third-order valence-corrected chi connectivity index (χ3v) is 5.55. The first kappa shape index (κ1) is 24.6. The second-order valence-electron chi connectivity index (χ2n) is 8.17. The van der Waals surface area contributed by atoms with Crippen molar-refractivity contribution in [3.8, 4) is 11.5 Å². The largest absolute Gasteiger partial charge is 0.497 e. The number of amides is 1. The number of methoxy groups -OCH3 is 2. The standard InChI is InChI=1S/C26H26N4O6/c1-6-36-26(33)20-14-19-22(27-21-9-7-8-10-29(21)25(19)32)30(15(2)3)23(20)28-24(31)16-11-17(34-4)13-18(12-16)35-5/h7-15H,6H2,1-5H3/b28-23-. The van der Waals surface area contributed by atoms with Crippen LogP contribution in [0.25, 0.3) is 16.7 Å². The SMILES string of the molecule is CCOC(=O)c1cc2c(=O)n3ccccc3nc2n(C(C)C)/c1=N\C(=O)c1cc(OC)cc(OC)c1. The molecule has 4 aromatic rings. The monoisotopic (exact) mass is 490 g/mol. The van der Waals surface area contributed by atoms with Gasteiger partial charge in [0.25, 0.3) is 11.5 Å². The van der Waals surface area contributed by atoms with Crippen molar-refractivity contribution in [2.45, 2.75) is 26.8 Å². The summed E-state index contributed by atoms with van der Waals surface area (Å²) in [6.45, 7) is 5.47. The zero-order valence-corrected chi connectivity index (χ0v) is 20.6. The minimum Gasteiger partial charge on any atom is -0.497 e. The smallest absolute Gasteiger partial charge is 0.341 e. The van der Waals surface area contributed by atoms with E-state index in [0.29, 0.717) is 22.8 Å². The van der Waals surface area contributed by atoms with Crippen molar-refractivity contribution >= 4 is 28.6 Å². The maximum Gasteiger partial charge on any atom is 0.341 e. The first-order valence-corrected chi connectivity index (χ1v) is 11.3. The number of fused-ring (bicyclic) bond motifs is 2. The number of carbonyl (C=O) groups is 2. The second kappa shape index (κ2) is 10.0. The van der Waals surface area contributed by atoms with Crippen molar-refractivity contribution in [1.29, 1.82) is 0 Å². The van der Waals surface area contributed by atoms with Gasteiger partial charge < -0.3 is 18.8 Å². The number of hydrogen-bond acceptors (Lipinski definition) is 7.